The van der Waals surface area contributed by atoms with Crippen LogP contribution in [0.2, 0.25) is 0 Å². The van der Waals surface area contributed by atoms with Crippen molar-refractivity contribution in [2.45, 2.75) is 31.8 Å². The summed E-state index contributed by atoms with van der Waals surface area (Å²) >= 11 is 0. The Morgan fingerprint density at radius 2 is 1.73 bits per heavy atom. The van der Waals surface area contributed by atoms with Crippen molar-refractivity contribution in [3.8, 4) is 0 Å². The topological polar surface area (TPSA) is 83.4 Å². The lowest BCUT2D eigenvalue weighted by Gasteiger charge is -2.21. The predicted molar refractivity (Wildman–Crippen MR) is 116 cm³/mol. The Morgan fingerprint density at radius 3 is 2.43 bits per heavy atom. The number of hydrogen-bond acceptors (Lipinski definition) is 4. The van der Waals surface area contributed by atoms with E-state index in [9.17, 15) is 13.2 Å². The van der Waals surface area contributed by atoms with E-state index in [1.54, 1.807) is 42.5 Å². The van der Waals surface area contributed by atoms with E-state index in [1.165, 1.54) is 10.6 Å². The van der Waals surface area contributed by atoms with Crippen molar-refractivity contribution in [3.63, 3.8) is 0 Å². The summed E-state index contributed by atoms with van der Waals surface area (Å²) in [6.07, 6.45) is 1.50. The van der Waals surface area contributed by atoms with E-state index in [0.29, 0.717) is 11.3 Å². The van der Waals surface area contributed by atoms with Crippen LogP contribution in [-0.2, 0) is 23.1 Å². The van der Waals surface area contributed by atoms with Gasteiger partial charge < -0.3 is 9.40 Å². The average Bonchev–Trinajstić information content (AvgIpc) is 3.22. The van der Waals surface area contributed by atoms with E-state index in [0.717, 1.165) is 22.0 Å². The highest BCUT2D eigenvalue weighted by Gasteiger charge is 2.26. The van der Waals surface area contributed by atoms with Gasteiger partial charge in [-0.05, 0) is 55.1 Å². The molecule has 0 bridgehead atoms. The van der Waals surface area contributed by atoms with Gasteiger partial charge in [0.15, 0.2) is 0 Å². The minimum absolute atomic E-state index is 0.0223. The Labute approximate surface area is 174 Å². The lowest BCUT2D eigenvalue weighted by Crippen LogP contribution is -2.32. The number of para-hydroxylation sites is 1. The molecule has 0 spiro atoms. The third-order valence-corrected chi connectivity index (χ3v) is 6.89. The number of benzene rings is 2. The molecule has 154 valence electrons. The van der Waals surface area contributed by atoms with Gasteiger partial charge in [0.05, 0.1) is 23.2 Å². The molecule has 0 aliphatic carbocycles. The highest BCUT2D eigenvalue weighted by Crippen LogP contribution is 2.22. The normalized spacial score (nSPS) is 12.0. The summed E-state index contributed by atoms with van der Waals surface area (Å²) in [5.41, 5.74) is 2.74. The van der Waals surface area contributed by atoms with Gasteiger partial charge in [-0.15, -0.1) is 0 Å². The number of fused-ring (bicyclic) bond motifs is 1. The van der Waals surface area contributed by atoms with Gasteiger partial charge >= 0.3 is 0 Å². The van der Waals surface area contributed by atoms with Gasteiger partial charge in [0, 0.05) is 12.1 Å². The van der Waals surface area contributed by atoms with E-state index in [1.807, 2.05) is 32.0 Å². The van der Waals surface area contributed by atoms with Crippen molar-refractivity contribution in [3.05, 3.63) is 99.7 Å². The van der Waals surface area contributed by atoms with Crippen LogP contribution in [0.15, 0.2) is 81.0 Å². The summed E-state index contributed by atoms with van der Waals surface area (Å²) in [7, 11) is -3.85. The van der Waals surface area contributed by atoms with Crippen molar-refractivity contribution in [1.82, 2.24) is 9.29 Å². The molecule has 0 unspecified atom stereocenters. The van der Waals surface area contributed by atoms with E-state index in [2.05, 4.69) is 4.98 Å². The Kier molecular flexibility index (Phi) is 5.32. The molecule has 6 nitrogen and oxygen atoms in total. The van der Waals surface area contributed by atoms with Gasteiger partial charge in [0.2, 0.25) is 10.0 Å². The number of rotatable bonds is 6. The van der Waals surface area contributed by atoms with Gasteiger partial charge in [0.25, 0.3) is 5.56 Å². The molecule has 2 aromatic heterocycles. The standard InChI is InChI=1S/C23H22N2O4S/c1-16-8-10-21(11-9-16)30(27,28)25(15-20-7-4-12-29-20)14-19-13-18-6-3-5-17(2)22(18)24-23(19)26/h3-13H,14-15H2,1-2H3,(H,24,26). The SMILES string of the molecule is Cc1ccc(S(=O)(=O)N(Cc2ccco2)Cc2cc3cccc(C)c3[nH]c2=O)cc1. The van der Waals surface area contributed by atoms with Crippen molar-refractivity contribution >= 4 is 20.9 Å². The third kappa shape index (κ3) is 3.94. The molecule has 0 saturated heterocycles. The van der Waals surface area contributed by atoms with E-state index in [-0.39, 0.29) is 23.5 Å². The summed E-state index contributed by atoms with van der Waals surface area (Å²) < 4.78 is 33.4. The second-order valence-corrected chi connectivity index (χ2v) is 9.27. The monoisotopic (exact) mass is 422 g/mol. The lowest BCUT2D eigenvalue weighted by molar-refractivity contribution is 0.357. The second-order valence-electron chi connectivity index (χ2n) is 7.33. The first-order chi connectivity index (χ1) is 14.3. The fraction of sp³-hybridized carbons (Fsp3) is 0.174. The molecule has 7 heteroatoms. The van der Waals surface area contributed by atoms with Crippen LogP contribution in [-0.4, -0.2) is 17.7 Å². The molecule has 0 aliphatic heterocycles. The minimum Gasteiger partial charge on any atom is -0.468 e. The highest BCUT2D eigenvalue weighted by molar-refractivity contribution is 7.89. The maximum absolute atomic E-state index is 13.4. The zero-order valence-electron chi connectivity index (χ0n) is 16.8. The maximum atomic E-state index is 13.4. The lowest BCUT2D eigenvalue weighted by atomic mass is 10.1. The smallest absolute Gasteiger partial charge is 0.252 e. The molecule has 2 aromatic carbocycles. The molecule has 30 heavy (non-hydrogen) atoms. The molecule has 1 N–H and O–H groups in total. The molecule has 0 atom stereocenters. The van der Waals surface area contributed by atoms with Gasteiger partial charge in [-0.2, -0.15) is 4.31 Å². The number of H-pyrrole nitrogens is 1. The van der Waals surface area contributed by atoms with Gasteiger partial charge in [-0.25, -0.2) is 8.42 Å². The Morgan fingerprint density at radius 1 is 0.967 bits per heavy atom. The summed E-state index contributed by atoms with van der Waals surface area (Å²) in [5.74, 6) is 0.499. The van der Waals surface area contributed by atoms with Crippen LogP contribution in [0.3, 0.4) is 0 Å². The number of aromatic nitrogens is 1. The maximum Gasteiger partial charge on any atom is 0.252 e. The third-order valence-electron chi connectivity index (χ3n) is 5.08. The first-order valence-corrected chi connectivity index (χ1v) is 11.0. The Bertz CT molecular complexity index is 1340. The van der Waals surface area contributed by atoms with E-state index < -0.39 is 10.0 Å². The van der Waals surface area contributed by atoms with Crippen LogP contribution < -0.4 is 5.56 Å². The molecule has 0 amide bonds. The Hall–Kier alpha value is -3.16. The van der Waals surface area contributed by atoms with Crippen LogP contribution in [0.5, 0.6) is 0 Å². The number of aryl methyl sites for hydroxylation is 2. The fourth-order valence-corrected chi connectivity index (χ4v) is 4.78. The predicted octanol–water partition coefficient (Wildman–Crippen LogP) is 4.13. The number of furan rings is 1. The van der Waals surface area contributed by atoms with Crippen molar-refractivity contribution < 1.29 is 12.8 Å². The average molecular weight is 423 g/mol. The van der Waals surface area contributed by atoms with Crippen molar-refractivity contribution in [2.75, 3.05) is 0 Å². The number of pyridine rings is 1. The van der Waals surface area contributed by atoms with Crippen LogP contribution in [0.25, 0.3) is 10.9 Å². The first kappa shape index (κ1) is 20.1. The van der Waals surface area contributed by atoms with Crippen molar-refractivity contribution in [2.24, 2.45) is 0 Å². The number of aromatic amines is 1. The van der Waals surface area contributed by atoms with Gasteiger partial charge in [-0.1, -0.05) is 35.9 Å². The fourth-order valence-electron chi connectivity index (χ4n) is 3.40. The number of sulfonamides is 1. The molecular formula is C23H22N2O4S. The second kappa shape index (κ2) is 7.93. The number of hydrogen-bond donors (Lipinski definition) is 1. The molecule has 0 aliphatic rings. The largest absolute Gasteiger partial charge is 0.468 e. The van der Waals surface area contributed by atoms with E-state index >= 15 is 0 Å². The molecule has 0 radical (unpaired) electrons. The van der Waals surface area contributed by atoms with Crippen LogP contribution in [0.1, 0.15) is 22.5 Å². The quantitative estimate of drug-likeness (QED) is 0.506. The van der Waals surface area contributed by atoms with Crippen molar-refractivity contribution in [1.29, 1.82) is 0 Å². The van der Waals surface area contributed by atoms with Crippen LogP contribution in [0, 0.1) is 13.8 Å². The summed E-state index contributed by atoms with van der Waals surface area (Å²) in [6.45, 7) is 3.77. The summed E-state index contributed by atoms with van der Waals surface area (Å²) in [6, 6.07) is 17.6. The number of nitrogens with one attached hydrogen (secondary N) is 1. The zero-order chi connectivity index (χ0) is 21.3. The molecule has 0 saturated carbocycles. The number of nitrogens with zero attached hydrogens (tertiary/aromatic N) is 1. The zero-order valence-corrected chi connectivity index (χ0v) is 17.6. The molecule has 0 fully saturated rings. The Balaban J connectivity index is 1.77. The first-order valence-electron chi connectivity index (χ1n) is 9.55. The van der Waals surface area contributed by atoms with Gasteiger partial charge in [-0.3, -0.25) is 4.79 Å². The molecule has 4 aromatic rings. The summed E-state index contributed by atoms with van der Waals surface area (Å²) in [5, 5.41) is 0.857. The van der Waals surface area contributed by atoms with Gasteiger partial charge in [0.1, 0.15) is 5.76 Å². The van der Waals surface area contributed by atoms with Crippen LogP contribution in [0.4, 0.5) is 0 Å². The van der Waals surface area contributed by atoms with Crippen LogP contribution >= 0.6 is 0 Å². The summed E-state index contributed by atoms with van der Waals surface area (Å²) in [4.78, 5) is 15.8. The van der Waals surface area contributed by atoms with E-state index in [4.69, 9.17) is 4.42 Å². The molecule has 2 heterocycles. The minimum atomic E-state index is -3.85. The highest BCUT2D eigenvalue weighted by atomic mass is 32.2. The molecular weight excluding hydrogens is 400 g/mol. The molecule has 4 rings (SSSR count).